The SMILES string of the molecule is CC(=O)Oc1cccc([C@@]23CCN(C)C[C@H]2C(O)C[C@@H](NC(=O)c2ccccc2)C3)c1. The van der Waals surface area contributed by atoms with Crippen LogP contribution >= 0.6 is 0 Å². The minimum atomic E-state index is -0.532. The maximum atomic E-state index is 12.8. The molecule has 1 amide bonds. The fourth-order valence-electron chi connectivity index (χ4n) is 5.38. The Bertz CT molecular complexity index is 948. The predicted molar refractivity (Wildman–Crippen MR) is 118 cm³/mol. The molecule has 1 saturated carbocycles. The third kappa shape index (κ3) is 4.50. The summed E-state index contributed by atoms with van der Waals surface area (Å²) in [6, 6.07) is 16.7. The van der Waals surface area contributed by atoms with E-state index in [4.69, 9.17) is 4.74 Å². The highest BCUT2D eigenvalue weighted by Gasteiger charge is 2.51. The van der Waals surface area contributed by atoms with Crippen molar-refractivity contribution >= 4 is 11.9 Å². The van der Waals surface area contributed by atoms with Gasteiger partial charge in [-0.15, -0.1) is 0 Å². The number of esters is 1. The molecule has 1 saturated heterocycles. The first kappa shape index (κ1) is 21.5. The first-order chi connectivity index (χ1) is 14.9. The zero-order valence-electron chi connectivity index (χ0n) is 18.1. The number of aliphatic hydroxyl groups excluding tert-OH is 1. The monoisotopic (exact) mass is 422 g/mol. The average Bonchev–Trinajstić information content (AvgIpc) is 2.75. The molecule has 1 aliphatic heterocycles. The van der Waals surface area contributed by atoms with E-state index in [1.807, 2.05) is 30.3 Å². The van der Waals surface area contributed by atoms with E-state index in [1.54, 1.807) is 18.2 Å². The number of hydrogen-bond donors (Lipinski definition) is 2. The van der Waals surface area contributed by atoms with Gasteiger partial charge in [0.2, 0.25) is 0 Å². The highest BCUT2D eigenvalue weighted by Crippen LogP contribution is 2.49. The molecule has 1 unspecified atom stereocenters. The smallest absolute Gasteiger partial charge is 0.308 e. The molecule has 2 aromatic carbocycles. The number of carbonyl (C=O) groups excluding carboxylic acids is 2. The van der Waals surface area contributed by atoms with Crippen molar-refractivity contribution in [2.45, 2.75) is 43.7 Å². The molecule has 1 aliphatic carbocycles. The Labute approximate surface area is 183 Å². The Morgan fingerprint density at radius 3 is 2.68 bits per heavy atom. The van der Waals surface area contributed by atoms with Crippen molar-refractivity contribution in [3.8, 4) is 5.75 Å². The molecule has 2 N–H and O–H groups in total. The van der Waals surface area contributed by atoms with E-state index in [-0.39, 0.29) is 29.3 Å². The summed E-state index contributed by atoms with van der Waals surface area (Å²) < 4.78 is 5.34. The molecule has 2 aliphatic rings. The lowest BCUT2D eigenvalue weighted by atomic mass is 9.57. The molecule has 0 spiro atoms. The van der Waals surface area contributed by atoms with Crippen LogP contribution in [0, 0.1) is 5.92 Å². The molecular weight excluding hydrogens is 392 g/mol. The summed E-state index contributed by atoms with van der Waals surface area (Å²) in [4.78, 5) is 26.5. The van der Waals surface area contributed by atoms with Gasteiger partial charge in [-0.3, -0.25) is 9.59 Å². The van der Waals surface area contributed by atoms with Crippen LogP contribution in [0.5, 0.6) is 5.75 Å². The first-order valence-corrected chi connectivity index (χ1v) is 10.9. The van der Waals surface area contributed by atoms with Gasteiger partial charge >= 0.3 is 5.97 Å². The maximum Gasteiger partial charge on any atom is 0.308 e. The fourth-order valence-corrected chi connectivity index (χ4v) is 5.38. The maximum absolute atomic E-state index is 12.8. The number of amides is 1. The molecule has 31 heavy (non-hydrogen) atoms. The average molecular weight is 423 g/mol. The number of ether oxygens (including phenoxy) is 1. The lowest BCUT2D eigenvalue weighted by molar-refractivity contribution is -0.131. The van der Waals surface area contributed by atoms with Gasteiger partial charge in [0.25, 0.3) is 5.91 Å². The van der Waals surface area contributed by atoms with Crippen LogP contribution in [0.4, 0.5) is 0 Å². The molecular formula is C25H30N2O4. The largest absolute Gasteiger partial charge is 0.427 e. The van der Waals surface area contributed by atoms with Crippen molar-refractivity contribution in [3.63, 3.8) is 0 Å². The number of piperidine rings is 1. The van der Waals surface area contributed by atoms with Crippen LogP contribution < -0.4 is 10.1 Å². The van der Waals surface area contributed by atoms with Crippen LogP contribution in [0.15, 0.2) is 54.6 Å². The zero-order valence-corrected chi connectivity index (χ0v) is 18.1. The molecule has 4 atom stereocenters. The molecule has 2 aromatic rings. The number of rotatable bonds is 4. The Morgan fingerprint density at radius 1 is 1.16 bits per heavy atom. The van der Waals surface area contributed by atoms with E-state index >= 15 is 0 Å². The highest BCUT2D eigenvalue weighted by molar-refractivity contribution is 5.94. The molecule has 4 rings (SSSR count). The van der Waals surface area contributed by atoms with Gasteiger partial charge in [-0.1, -0.05) is 30.3 Å². The summed E-state index contributed by atoms with van der Waals surface area (Å²) >= 11 is 0. The lowest BCUT2D eigenvalue weighted by Gasteiger charge is -2.54. The van der Waals surface area contributed by atoms with Crippen LogP contribution in [0.3, 0.4) is 0 Å². The van der Waals surface area contributed by atoms with Crippen molar-refractivity contribution < 1.29 is 19.4 Å². The number of carbonyl (C=O) groups is 2. The van der Waals surface area contributed by atoms with E-state index < -0.39 is 6.10 Å². The number of nitrogens with one attached hydrogen (secondary N) is 1. The number of aliphatic hydroxyl groups is 1. The van der Waals surface area contributed by atoms with Crippen LogP contribution in [-0.2, 0) is 10.2 Å². The Kier molecular flexibility index (Phi) is 6.12. The summed E-state index contributed by atoms with van der Waals surface area (Å²) in [6.45, 7) is 3.08. The number of nitrogens with zero attached hydrogens (tertiary/aromatic N) is 1. The zero-order chi connectivity index (χ0) is 22.0. The van der Waals surface area contributed by atoms with Crippen molar-refractivity contribution in [2.24, 2.45) is 5.92 Å². The summed E-state index contributed by atoms with van der Waals surface area (Å²) in [5.74, 6) is 0.0879. The van der Waals surface area contributed by atoms with Crippen molar-refractivity contribution in [3.05, 3.63) is 65.7 Å². The summed E-state index contributed by atoms with van der Waals surface area (Å²) in [5.41, 5.74) is 1.38. The van der Waals surface area contributed by atoms with Crippen LogP contribution in [0.1, 0.15) is 42.1 Å². The van der Waals surface area contributed by atoms with Gasteiger partial charge in [-0.25, -0.2) is 0 Å². The summed E-state index contributed by atoms with van der Waals surface area (Å²) in [5, 5.41) is 14.3. The van der Waals surface area contributed by atoms with Gasteiger partial charge < -0.3 is 20.1 Å². The number of likely N-dealkylation sites (tertiary alicyclic amines) is 1. The number of hydrogen-bond acceptors (Lipinski definition) is 5. The Balaban J connectivity index is 1.65. The normalized spacial score (nSPS) is 28.4. The van der Waals surface area contributed by atoms with Gasteiger partial charge in [0.1, 0.15) is 5.75 Å². The third-order valence-electron chi connectivity index (χ3n) is 6.80. The summed E-state index contributed by atoms with van der Waals surface area (Å²) in [7, 11) is 2.08. The molecule has 0 radical (unpaired) electrons. The Hall–Kier alpha value is -2.70. The second-order valence-electron chi connectivity index (χ2n) is 8.94. The molecule has 0 aromatic heterocycles. The third-order valence-corrected chi connectivity index (χ3v) is 6.80. The molecule has 6 nitrogen and oxygen atoms in total. The standard InChI is InChI=1S/C25H30N2O4/c1-17(28)31-21-10-6-9-19(13-21)25-11-12-27(2)16-22(25)23(29)14-20(15-25)26-24(30)18-7-4-3-5-8-18/h3-10,13,20,22-23,29H,11-12,14-16H2,1-2H3,(H,26,30)/t20-,22+,23?,25+/m1/s1. The van der Waals surface area contributed by atoms with Gasteiger partial charge in [0.05, 0.1) is 6.10 Å². The van der Waals surface area contributed by atoms with Crippen LogP contribution in [0.25, 0.3) is 0 Å². The van der Waals surface area contributed by atoms with Crippen LogP contribution in [0.2, 0.25) is 0 Å². The topological polar surface area (TPSA) is 78.9 Å². The second kappa shape index (κ2) is 8.81. The number of fused-ring (bicyclic) bond motifs is 1. The van der Waals surface area contributed by atoms with Crippen molar-refractivity contribution in [1.29, 1.82) is 0 Å². The molecule has 0 bridgehead atoms. The first-order valence-electron chi connectivity index (χ1n) is 10.9. The van der Waals surface area contributed by atoms with Gasteiger partial charge in [-0.2, -0.15) is 0 Å². The van der Waals surface area contributed by atoms with E-state index in [1.165, 1.54) is 6.92 Å². The summed E-state index contributed by atoms with van der Waals surface area (Å²) in [6.07, 6.45) is 1.61. The van der Waals surface area contributed by atoms with Crippen LogP contribution in [-0.4, -0.2) is 54.2 Å². The quantitative estimate of drug-likeness (QED) is 0.585. The van der Waals surface area contributed by atoms with E-state index in [2.05, 4.69) is 23.3 Å². The van der Waals surface area contributed by atoms with E-state index in [9.17, 15) is 14.7 Å². The van der Waals surface area contributed by atoms with E-state index in [0.29, 0.717) is 17.7 Å². The molecule has 164 valence electrons. The van der Waals surface area contributed by atoms with E-state index in [0.717, 1.165) is 31.5 Å². The minimum Gasteiger partial charge on any atom is -0.427 e. The highest BCUT2D eigenvalue weighted by atomic mass is 16.5. The minimum absolute atomic E-state index is 0.0451. The Morgan fingerprint density at radius 2 is 1.94 bits per heavy atom. The van der Waals surface area contributed by atoms with Crippen molar-refractivity contribution in [1.82, 2.24) is 10.2 Å². The molecule has 6 heteroatoms. The molecule has 2 fully saturated rings. The molecule has 1 heterocycles. The van der Waals surface area contributed by atoms with Gasteiger partial charge in [-0.05, 0) is 62.7 Å². The fraction of sp³-hybridized carbons (Fsp3) is 0.440. The van der Waals surface area contributed by atoms with Gasteiger partial charge in [0, 0.05) is 36.4 Å². The lowest BCUT2D eigenvalue weighted by Crippen LogP contribution is -2.60. The van der Waals surface area contributed by atoms with Gasteiger partial charge in [0.15, 0.2) is 0 Å². The van der Waals surface area contributed by atoms with Crippen molar-refractivity contribution in [2.75, 3.05) is 20.1 Å². The number of benzene rings is 2. The predicted octanol–water partition coefficient (Wildman–Crippen LogP) is 2.75. The second-order valence-corrected chi connectivity index (χ2v) is 8.94.